The van der Waals surface area contributed by atoms with E-state index in [1.54, 1.807) is 0 Å². The molecular weight excluding hydrogens is 136 g/mol. The minimum Gasteiger partial charge on any atom is -0.378 e. The quantitative estimate of drug-likeness (QED) is 0.605. The molecule has 0 N–H and O–H groups in total. The van der Waals surface area contributed by atoms with Gasteiger partial charge in [-0.05, 0) is 31.6 Å². The van der Waals surface area contributed by atoms with Gasteiger partial charge in [0.05, 0.1) is 6.10 Å². The fourth-order valence-corrected chi connectivity index (χ4v) is 1.51. The fourth-order valence-electron chi connectivity index (χ4n) is 1.51. The van der Waals surface area contributed by atoms with Crippen LogP contribution in [0.4, 0.5) is 0 Å². The van der Waals surface area contributed by atoms with Crippen molar-refractivity contribution in [1.29, 1.82) is 0 Å². The van der Waals surface area contributed by atoms with Crippen LogP contribution in [0.15, 0.2) is 0 Å². The molecule has 1 aliphatic carbocycles. The summed E-state index contributed by atoms with van der Waals surface area (Å²) in [5.41, 5.74) is 0. The topological polar surface area (TPSA) is 9.23 Å². The van der Waals surface area contributed by atoms with Crippen molar-refractivity contribution in [2.75, 3.05) is 6.61 Å². The van der Waals surface area contributed by atoms with Gasteiger partial charge in [-0.25, -0.2) is 0 Å². The van der Waals surface area contributed by atoms with E-state index in [1.807, 2.05) is 0 Å². The van der Waals surface area contributed by atoms with E-state index in [2.05, 4.69) is 20.3 Å². The third-order valence-corrected chi connectivity index (χ3v) is 2.24. The zero-order chi connectivity index (χ0) is 8.10. The lowest BCUT2D eigenvalue weighted by Gasteiger charge is -2.10. The Labute approximate surface area is 70.1 Å². The minimum absolute atomic E-state index is 0.432. The summed E-state index contributed by atoms with van der Waals surface area (Å²) < 4.78 is 5.60. The SMILES string of the molecule is [CH2]CC1C[CH]C(OCCC)C1. The van der Waals surface area contributed by atoms with Crippen LogP contribution in [-0.4, -0.2) is 12.7 Å². The molecule has 0 spiro atoms. The highest BCUT2D eigenvalue weighted by atomic mass is 16.5. The van der Waals surface area contributed by atoms with Gasteiger partial charge in [0.15, 0.2) is 0 Å². The summed E-state index contributed by atoms with van der Waals surface area (Å²) in [5.74, 6) is 0.789. The maximum atomic E-state index is 5.60. The molecule has 2 radical (unpaired) electrons. The molecule has 0 bridgehead atoms. The lowest BCUT2D eigenvalue weighted by atomic mass is 10.1. The van der Waals surface area contributed by atoms with Crippen molar-refractivity contribution in [1.82, 2.24) is 0 Å². The van der Waals surface area contributed by atoms with Crippen LogP contribution in [0.3, 0.4) is 0 Å². The van der Waals surface area contributed by atoms with Crippen molar-refractivity contribution in [3.8, 4) is 0 Å². The Kier molecular flexibility index (Phi) is 3.92. The van der Waals surface area contributed by atoms with Crippen molar-refractivity contribution in [2.24, 2.45) is 5.92 Å². The zero-order valence-electron chi connectivity index (χ0n) is 7.38. The van der Waals surface area contributed by atoms with Gasteiger partial charge >= 0.3 is 0 Å². The summed E-state index contributed by atoms with van der Waals surface area (Å²) in [4.78, 5) is 0. The second kappa shape index (κ2) is 4.76. The predicted molar refractivity (Wildman–Crippen MR) is 47.0 cm³/mol. The Morgan fingerprint density at radius 2 is 2.45 bits per heavy atom. The highest BCUT2D eigenvalue weighted by molar-refractivity contribution is 4.90. The maximum Gasteiger partial charge on any atom is 0.0609 e. The minimum atomic E-state index is 0.432. The van der Waals surface area contributed by atoms with Crippen molar-refractivity contribution in [3.05, 3.63) is 13.3 Å². The molecule has 1 nitrogen and oxygen atoms in total. The van der Waals surface area contributed by atoms with Crippen LogP contribution < -0.4 is 0 Å². The van der Waals surface area contributed by atoms with Gasteiger partial charge in [-0.15, -0.1) is 0 Å². The van der Waals surface area contributed by atoms with Crippen molar-refractivity contribution in [3.63, 3.8) is 0 Å². The zero-order valence-corrected chi connectivity index (χ0v) is 7.38. The van der Waals surface area contributed by atoms with Crippen LogP contribution in [0.2, 0.25) is 0 Å². The summed E-state index contributed by atoms with van der Waals surface area (Å²) in [6.45, 7) is 6.96. The molecule has 1 heteroatoms. The van der Waals surface area contributed by atoms with E-state index < -0.39 is 0 Å². The van der Waals surface area contributed by atoms with Gasteiger partial charge in [-0.3, -0.25) is 0 Å². The molecule has 11 heavy (non-hydrogen) atoms. The molecule has 1 fully saturated rings. The Morgan fingerprint density at radius 1 is 1.64 bits per heavy atom. The monoisotopic (exact) mass is 154 g/mol. The average Bonchev–Trinajstić information content (AvgIpc) is 2.48. The second-order valence-electron chi connectivity index (χ2n) is 3.27. The van der Waals surface area contributed by atoms with Gasteiger partial charge in [-0.1, -0.05) is 20.3 Å². The molecule has 64 valence electrons. The Bertz CT molecular complexity index is 101. The van der Waals surface area contributed by atoms with Crippen molar-refractivity contribution in [2.45, 2.75) is 38.7 Å². The standard InChI is InChI=1S/C10H18O/c1-3-7-11-10-6-5-9(4-2)8-10/h6,9-10H,2-5,7-8H2,1H3. The highest BCUT2D eigenvalue weighted by Gasteiger charge is 2.23. The number of rotatable bonds is 4. The summed E-state index contributed by atoms with van der Waals surface area (Å²) >= 11 is 0. The molecule has 1 saturated carbocycles. The smallest absolute Gasteiger partial charge is 0.0609 e. The first-order chi connectivity index (χ1) is 5.36. The van der Waals surface area contributed by atoms with E-state index >= 15 is 0 Å². The summed E-state index contributed by atoms with van der Waals surface area (Å²) in [7, 11) is 0. The van der Waals surface area contributed by atoms with E-state index in [0.717, 1.165) is 25.4 Å². The summed E-state index contributed by atoms with van der Waals surface area (Å²) in [5, 5.41) is 0. The van der Waals surface area contributed by atoms with E-state index in [4.69, 9.17) is 4.74 Å². The Morgan fingerprint density at radius 3 is 3.00 bits per heavy atom. The van der Waals surface area contributed by atoms with Gasteiger partial charge in [0.1, 0.15) is 0 Å². The molecular formula is C10H18O. The lowest BCUT2D eigenvalue weighted by Crippen LogP contribution is -2.09. The second-order valence-corrected chi connectivity index (χ2v) is 3.27. The molecule has 1 rings (SSSR count). The van der Waals surface area contributed by atoms with Crippen molar-refractivity contribution >= 4 is 0 Å². The predicted octanol–water partition coefficient (Wildman–Crippen LogP) is 2.62. The Balaban J connectivity index is 2.09. The molecule has 0 amide bonds. The van der Waals surface area contributed by atoms with Gasteiger partial charge in [0, 0.05) is 6.61 Å². The van der Waals surface area contributed by atoms with Crippen molar-refractivity contribution < 1.29 is 4.74 Å². The maximum absolute atomic E-state index is 5.60. The first-order valence-corrected chi connectivity index (χ1v) is 4.61. The lowest BCUT2D eigenvalue weighted by molar-refractivity contribution is 0.0758. The number of ether oxygens (including phenoxy) is 1. The van der Waals surface area contributed by atoms with E-state index in [0.29, 0.717) is 6.10 Å². The van der Waals surface area contributed by atoms with E-state index in [1.165, 1.54) is 12.8 Å². The number of hydrogen-bond acceptors (Lipinski definition) is 1. The molecule has 1 aliphatic rings. The van der Waals surface area contributed by atoms with Gasteiger partial charge < -0.3 is 4.74 Å². The largest absolute Gasteiger partial charge is 0.378 e. The van der Waals surface area contributed by atoms with Crippen LogP contribution >= 0.6 is 0 Å². The first kappa shape index (κ1) is 9.05. The van der Waals surface area contributed by atoms with Crippen LogP contribution in [0.1, 0.15) is 32.6 Å². The van der Waals surface area contributed by atoms with E-state index in [-0.39, 0.29) is 0 Å². The third kappa shape index (κ3) is 2.82. The van der Waals surface area contributed by atoms with Crippen LogP contribution in [-0.2, 0) is 4.74 Å². The molecule has 0 heterocycles. The molecule has 2 unspecified atom stereocenters. The third-order valence-electron chi connectivity index (χ3n) is 2.24. The molecule has 0 aromatic carbocycles. The first-order valence-electron chi connectivity index (χ1n) is 4.61. The van der Waals surface area contributed by atoms with Crippen LogP contribution in [0.25, 0.3) is 0 Å². The van der Waals surface area contributed by atoms with E-state index in [9.17, 15) is 0 Å². The molecule has 0 aromatic rings. The molecule has 0 aliphatic heterocycles. The van der Waals surface area contributed by atoms with Gasteiger partial charge in [0.25, 0.3) is 0 Å². The highest BCUT2D eigenvalue weighted by Crippen LogP contribution is 2.28. The Hall–Kier alpha value is -0.0400. The van der Waals surface area contributed by atoms with Crippen LogP contribution in [0.5, 0.6) is 0 Å². The average molecular weight is 154 g/mol. The fraction of sp³-hybridized carbons (Fsp3) is 0.800. The molecule has 0 aromatic heterocycles. The molecule has 2 atom stereocenters. The molecule has 0 saturated heterocycles. The van der Waals surface area contributed by atoms with Crippen LogP contribution in [0, 0.1) is 19.3 Å². The normalized spacial score (nSPS) is 31.1. The summed E-state index contributed by atoms with van der Waals surface area (Å²) in [6.07, 6.45) is 7.32. The van der Waals surface area contributed by atoms with Gasteiger partial charge in [0.2, 0.25) is 0 Å². The summed E-state index contributed by atoms with van der Waals surface area (Å²) in [6, 6.07) is 0. The number of hydrogen-bond donors (Lipinski definition) is 0. The van der Waals surface area contributed by atoms with Gasteiger partial charge in [-0.2, -0.15) is 0 Å².